The fourth-order valence-corrected chi connectivity index (χ4v) is 5.47. The van der Waals surface area contributed by atoms with Crippen molar-refractivity contribution in [3.63, 3.8) is 0 Å². The van der Waals surface area contributed by atoms with E-state index >= 15 is 0 Å². The van der Waals surface area contributed by atoms with Gasteiger partial charge in [0.2, 0.25) is 5.43 Å². The molecule has 6 nitrogen and oxygen atoms in total. The summed E-state index contributed by atoms with van der Waals surface area (Å²) < 4.78 is 49.5. The Kier molecular flexibility index (Phi) is 6.89. The highest BCUT2D eigenvalue weighted by atomic mass is 19.1. The molecular weight excluding hydrogens is 519 g/mol. The first-order valence-corrected chi connectivity index (χ1v) is 13.1. The first kappa shape index (κ1) is 25.9. The fourth-order valence-electron chi connectivity index (χ4n) is 5.47. The van der Waals surface area contributed by atoms with Gasteiger partial charge in [0.05, 0.1) is 6.04 Å². The number of halogens is 3. The van der Waals surface area contributed by atoms with Crippen LogP contribution in [0.3, 0.4) is 0 Å². The van der Waals surface area contributed by atoms with Crippen LogP contribution in [0.15, 0.2) is 77.7 Å². The number of rotatable bonds is 7. The van der Waals surface area contributed by atoms with E-state index < -0.39 is 22.9 Å². The standard InChI is InChI=1S/C31H26F3N3O3/c32-22-12-25(33)24(26(34)13-22)15-35-14-21-16-36-23-11-10-20-8-4-5-9-27(20)37(17-23)31(39)28(36)30(29(21)38)40-18-19-6-2-1-3-7-19/h1-9,12-13,16,23,35H,10-11,14-15,17-18H2. The average molecular weight is 546 g/mol. The molecule has 0 fully saturated rings. The summed E-state index contributed by atoms with van der Waals surface area (Å²) in [5, 5.41) is 2.89. The molecule has 6 rings (SSSR count). The number of aromatic nitrogens is 1. The van der Waals surface area contributed by atoms with Crippen LogP contribution in [0.5, 0.6) is 5.75 Å². The van der Waals surface area contributed by atoms with Crippen LogP contribution in [0.4, 0.5) is 18.9 Å². The third-order valence-electron chi connectivity index (χ3n) is 7.48. The number of hydrogen-bond donors (Lipinski definition) is 1. The van der Waals surface area contributed by atoms with Gasteiger partial charge in [-0.1, -0.05) is 48.5 Å². The summed E-state index contributed by atoms with van der Waals surface area (Å²) in [7, 11) is 0. The van der Waals surface area contributed by atoms with Crippen molar-refractivity contribution in [2.45, 2.75) is 38.6 Å². The van der Waals surface area contributed by atoms with E-state index in [0.29, 0.717) is 18.7 Å². The van der Waals surface area contributed by atoms with E-state index in [0.717, 1.165) is 29.7 Å². The molecule has 1 N–H and O–H groups in total. The number of para-hydroxylation sites is 1. The fraction of sp³-hybridized carbons (Fsp3) is 0.226. The molecule has 1 unspecified atom stereocenters. The number of pyridine rings is 1. The van der Waals surface area contributed by atoms with Crippen molar-refractivity contribution in [1.82, 2.24) is 9.88 Å². The van der Waals surface area contributed by atoms with Crippen molar-refractivity contribution in [2.75, 3.05) is 11.4 Å². The van der Waals surface area contributed by atoms with E-state index in [1.54, 1.807) is 11.1 Å². The summed E-state index contributed by atoms with van der Waals surface area (Å²) in [6.07, 6.45) is 3.15. The van der Waals surface area contributed by atoms with Gasteiger partial charge in [-0.2, -0.15) is 0 Å². The molecule has 1 atom stereocenters. The van der Waals surface area contributed by atoms with Crippen LogP contribution in [-0.2, 0) is 26.1 Å². The van der Waals surface area contributed by atoms with Crippen molar-refractivity contribution >= 4 is 11.6 Å². The van der Waals surface area contributed by atoms with Crippen LogP contribution in [0.2, 0.25) is 0 Å². The largest absolute Gasteiger partial charge is 0.483 e. The number of aryl methyl sites for hydroxylation is 1. The third kappa shape index (κ3) is 4.77. The second-order valence-electron chi connectivity index (χ2n) is 10.0. The first-order chi connectivity index (χ1) is 19.4. The van der Waals surface area contributed by atoms with E-state index in [-0.39, 0.29) is 54.2 Å². The van der Waals surface area contributed by atoms with Crippen molar-refractivity contribution in [2.24, 2.45) is 0 Å². The third-order valence-corrected chi connectivity index (χ3v) is 7.48. The quantitative estimate of drug-likeness (QED) is 0.343. The van der Waals surface area contributed by atoms with Crippen molar-refractivity contribution in [3.05, 3.63) is 129 Å². The number of nitrogens with zero attached hydrogens (tertiary/aromatic N) is 2. The van der Waals surface area contributed by atoms with E-state index in [4.69, 9.17) is 4.74 Å². The molecule has 204 valence electrons. The summed E-state index contributed by atoms with van der Waals surface area (Å²) in [5.74, 6) is -3.40. The maximum absolute atomic E-state index is 14.2. The van der Waals surface area contributed by atoms with Gasteiger partial charge in [-0.15, -0.1) is 0 Å². The van der Waals surface area contributed by atoms with Gasteiger partial charge >= 0.3 is 0 Å². The monoisotopic (exact) mass is 545 g/mol. The minimum Gasteiger partial charge on any atom is -0.483 e. The molecule has 1 amide bonds. The molecule has 0 radical (unpaired) electrons. The molecule has 4 aromatic rings. The number of hydrogen-bond acceptors (Lipinski definition) is 4. The van der Waals surface area contributed by atoms with Crippen molar-refractivity contribution < 1.29 is 22.7 Å². The Labute approximate surface area is 228 Å². The molecule has 0 saturated heterocycles. The first-order valence-electron chi connectivity index (χ1n) is 13.1. The van der Waals surface area contributed by atoms with Crippen LogP contribution < -0.4 is 20.4 Å². The smallest absolute Gasteiger partial charge is 0.279 e. The zero-order valence-electron chi connectivity index (χ0n) is 21.5. The van der Waals surface area contributed by atoms with Crippen LogP contribution in [0.25, 0.3) is 0 Å². The second kappa shape index (κ2) is 10.7. The van der Waals surface area contributed by atoms with Gasteiger partial charge in [-0.05, 0) is 30.0 Å². The van der Waals surface area contributed by atoms with E-state index in [9.17, 15) is 22.8 Å². The molecule has 3 aromatic carbocycles. The molecule has 1 aromatic heterocycles. The Morgan fingerprint density at radius 1 is 0.925 bits per heavy atom. The lowest BCUT2D eigenvalue weighted by molar-refractivity contribution is 0.0947. The van der Waals surface area contributed by atoms with Crippen LogP contribution >= 0.6 is 0 Å². The normalized spacial score (nSPS) is 15.8. The number of amides is 1. The molecule has 0 aliphatic carbocycles. The number of benzene rings is 3. The highest BCUT2D eigenvalue weighted by Crippen LogP contribution is 2.37. The summed E-state index contributed by atoms with van der Waals surface area (Å²) in [6, 6.07) is 18.2. The predicted molar refractivity (Wildman–Crippen MR) is 144 cm³/mol. The van der Waals surface area contributed by atoms with E-state index in [2.05, 4.69) is 5.32 Å². The number of fused-ring (bicyclic) bond motifs is 6. The summed E-state index contributed by atoms with van der Waals surface area (Å²) >= 11 is 0. The molecule has 3 heterocycles. The highest BCUT2D eigenvalue weighted by molar-refractivity contribution is 6.08. The summed E-state index contributed by atoms with van der Waals surface area (Å²) in [5.41, 5.74) is 2.40. The molecule has 40 heavy (non-hydrogen) atoms. The Morgan fingerprint density at radius 3 is 2.42 bits per heavy atom. The van der Waals surface area contributed by atoms with Gasteiger partial charge < -0.3 is 19.5 Å². The molecule has 2 bridgehead atoms. The topological polar surface area (TPSA) is 63.6 Å². The van der Waals surface area contributed by atoms with Crippen LogP contribution in [0.1, 0.15) is 45.2 Å². The van der Waals surface area contributed by atoms with Gasteiger partial charge in [-0.3, -0.25) is 9.59 Å². The number of carbonyl (C=O) groups is 1. The lowest BCUT2D eigenvalue weighted by Gasteiger charge is -2.35. The Hall–Kier alpha value is -4.37. The molecule has 0 spiro atoms. The number of nitrogens with one attached hydrogen (secondary N) is 1. The predicted octanol–water partition coefficient (Wildman–Crippen LogP) is 5.28. The van der Waals surface area contributed by atoms with Gasteiger partial charge in [0.15, 0.2) is 11.4 Å². The van der Waals surface area contributed by atoms with Gasteiger partial charge in [0, 0.05) is 54.8 Å². The van der Waals surface area contributed by atoms with Gasteiger partial charge in [0.1, 0.15) is 24.1 Å². The molecule has 2 aliphatic heterocycles. The second-order valence-corrected chi connectivity index (χ2v) is 10.0. The Morgan fingerprint density at radius 2 is 1.65 bits per heavy atom. The Bertz CT molecular complexity index is 1630. The Balaban J connectivity index is 1.37. The SMILES string of the molecule is O=C1c2c(OCc3ccccc3)c(=O)c(CNCc3c(F)cc(F)cc3F)cn2C2CCc3ccccc3N1C2. The zero-order valence-corrected chi connectivity index (χ0v) is 21.5. The molecular formula is C31H26F3N3O3. The van der Waals surface area contributed by atoms with Crippen molar-refractivity contribution in [3.8, 4) is 5.75 Å². The summed E-state index contributed by atoms with van der Waals surface area (Å²) in [6.45, 7) is 0.232. The summed E-state index contributed by atoms with van der Waals surface area (Å²) in [4.78, 5) is 29.3. The number of ether oxygens (including phenoxy) is 1. The molecule has 0 saturated carbocycles. The van der Waals surface area contributed by atoms with Crippen LogP contribution in [-0.4, -0.2) is 17.0 Å². The van der Waals surface area contributed by atoms with E-state index in [1.807, 2.05) is 59.2 Å². The molecule has 2 aliphatic rings. The van der Waals surface area contributed by atoms with E-state index in [1.165, 1.54) is 0 Å². The lowest BCUT2D eigenvalue weighted by atomic mass is 10.0. The van der Waals surface area contributed by atoms with Gasteiger partial charge in [-0.25, -0.2) is 13.2 Å². The maximum atomic E-state index is 14.2. The highest BCUT2D eigenvalue weighted by Gasteiger charge is 2.38. The zero-order chi connectivity index (χ0) is 27.8. The number of anilines is 1. The molecule has 9 heteroatoms. The van der Waals surface area contributed by atoms with Gasteiger partial charge in [0.25, 0.3) is 5.91 Å². The van der Waals surface area contributed by atoms with Crippen molar-refractivity contribution in [1.29, 1.82) is 0 Å². The maximum Gasteiger partial charge on any atom is 0.279 e. The minimum atomic E-state index is -1.01. The minimum absolute atomic E-state index is 0.0398. The number of carbonyl (C=O) groups excluding carboxylic acids is 1. The van der Waals surface area contributed by atoms with Crippen LogP contribution in [0, 0.1) is 17.5 Å². The average Bonchev–Trinajstić information content (AvgIpc) is 3.12. The lowest BCUT2D eigenvalue weighted by Crippen LogP contribution is -2.44.